The van der Waals surface area contributed by atoms with Crippen LogP contribution in [0.25, 0.3) is 0 Å². The predicted molar refractivity (Wildman–Crippen MR) is 79.7 cm³/mol. The minimum Gasteiger partial charge on any atom is -0.322 e. The van der Waals surface area contributed by atoms with Crippen molar-refractivity contribution in [3.63, 3.8) is 0 Å². The molecule has 1 aromatic rings. The molecule has 1 aliphatic rings. The van der Waals surface area contributed by atoms with E-state index in [9.17, 15) is 4.79 Å². The molecule has 0 aromatic heterocycles. The van der Waals surface area contributed by atoms with Crippen LogP contribution >= 0.6 is 23.2 Å². The molecule has 0 N–H and O–H groups in total. The van der Waals surface area contributed by atoms with Crippen LogP contribution in [-0.4, -0.2) is 16.3 Å². The van der Waals surface area contributed by atoms with Gasteiger partial charge in [-0.3, -0.25) is 4.79 Å². The van der Waals surface area contributed by atoms with Crippen LogP contribution in [-0.2, 0) is 6.54 Å². The van der Waals surface area contributed by atoms with Gasteiger partial charge in [0, 0.05) is 17.6 Å². The minimum atomic E-state index is -0.346. The van der Waals surface area contributed by atoms with Gasteiger partial charge in [0.05, 0.1) is 0 Å². The normalized spacial score (nSPS) is 16.9. The Hall–Kier alpha value is -0.730. The number of nitrogens with zero attached hydrogens (tertiary/aromatic N) is 1. The third-order valence-corrected chi connectivity index (χ3v) is 4.23. The Labute approximate surface area is 124 Å². The van der Waals surface area contributed by atoms with Crippen molar-refractivity contribution in [2.45, 2.75) is 51.1 Å². The van der Waals surface area contributed by atoms with Crippen molar-refractivity contribution >= 4 is 28.6 Å². The van der Waals surface area contributed by atoms with Crippen LogP contribution in [0.15, 0.2) is 24.3 Å². The first-order valence-electron chi connectivity index (χ1n) is 6.87. The summed E-state index contributed by atoms with van der Waals surface area (Å²) in [6, 6.07) is 7.88. The molecule has 2 nitrogen and oxygen atoms in total. The molecular formula is C15H19Cl2NO. The van der Waals surface area contributed by atoms with Gasteiger partial charge >= 0.3 is 5.37 Å². The number of hydrogen-bond acceptors (Lipinski definition) is 1. The maximum absolute atomic E-state index is 11.7. The highest BCUT2D eigenvalue weighted by Crippen LogP contribution is 2.25. The summed E-state index contributed by atoms with van der Waals surface area (Å²) in [5.74, 6) is 0. The third kappa shape index (κ3) is 4.39. The van der Waals surface area contributed by atoms with Crippen LogP contribution in [0.4, 0.5) is 4.79 Å². The maximum Gasteiger partial charge on any atom is 0.316 e. The van der Waals surface area contributed by atoms with Crippen molar-refractivity contribution < 1.29 is 4.79 Å². The van der Waals surface area contributed by atoms with Gasteiger partial charge in [-0.1, -0.05) is 49.4 Å². The highest BCUT2D eigenvalue weighted by Gasteiger charge is 2.23. The molecular weight excluding hydrogens is 281 g/mol. The molecule has 0 aliphatic heterocycles. The van der Waals surface area contributed by atoms with Crippen LogP contribution in [0.1, 0.15) is 44.1 Å². The summed E-state index contributed by atoms with van der Waals surface area (Å²) in [6.45, 7) is 0.574. The molecule has 0 bridgehead atoms. The average molecular weight is 300 g/mol. The largest absolute Gasteiger partial charge is 0.322 e. The fraction of sp³-hybridized carbons (Fsp3) is 0.533. The second kappa shape index (κ2) is 7.16. The van der Waals surface area contributed by atoms with E-state index in [1.54, 1.807) is 4.90 Å². The maximum atomic E-state index is 11.7. The van der Waals surface area contributed by atoms with Crippen LogP contribution in [0, 0.1) is 0 Å². The molecule has 104 valence electrons. The molecule has 0 atom stereocenters. The zero-order chi connectivity index (χ0) is 13.7. The van der Waals surface area contributed by atoms with E-state index in [1.807, 2.05) is 24.3 Å². The molecule has 2 rings (SSSR count). The van der Waals surface area contributed by atoms with Crippen molar-refractivity contribution in [1.29, 1.82) is 0 Å². The summed E-state index contributed by atoms with van der Waals surface area (Å²) in [4.78, 5) is 13.5. The summed E-state index contributed by atoms with van der Waals surface area (Å²) in [7, 11) is 0. The minimum absolute atomic E-state index is 0.281. The molecule has 1 aromatic carbocycles. The van der Waals surface area contributed by atoms with Gasteiger partial charge in [-0.15, -0.1) is 0 Å². The number of halogens is 2. The Kier molecular flexibility index (Phi) is 5.53. The second-order valence-electron chi connectivity index (χ2n) is 5.15. The summed E-state index contributed by atoms with van der Waals surface area (Å²) in [5.41, 5.74) is 1.07. The predicted octanol–water partition coefficient (Wildman–Crippen LogP) is 5.22. The Balaban J connectivity index is 2.06. The standard InChI is InChI=1S/C15H19Cl2NO/c16-13-9-7-12(8-10-13)11-18(15(17)19)14-5-3-1-2-4-6-14/h7-10,14H,1-6,11H2. The third-order valence-electron chi connectivity index (χ3n) is 3.76. The van der Waals surface area contributed by atoms with E-state index >= 15 is 0 Å². The molecule has 0 heterocycles. The molecule has 1 saturated carbocycles. The van der Waals surface area contributed by atoms with Gasteiger partial charge in [0.25, 0.3) is 0 Å². The molecule has 19 heavy (non-hydrogen) atoms. The van der Waals surface area contributed by atoms with Crippen molar-refractivity contribution in [3.05, 3.63) is 34.9 Å². The molecule has 0 unspecified atom stereocenters. The van der Waals surface area contributed by atoms with E-state index in [4.69, 9.17) is 23.2 Å². The highest BCUT2D eigenvalue weighted by molar-refractivity contribution is 6.62. The van der Waals surface area contributed by atoms with E-state index in [-0.39, 0.29) is 11.4 Å². The van der Waals surface area contributed by atoms with Gasteiger partial charge in [-0.05, 0) is 42.1 Å². The van der Waals surface area contributed by atoms with Crippen LogP contribution < -0.4 is 0 Å². The van der Waals surface area contributed by atoms with Crippen LogP contribution in [0.5, 0.6) is 0 Å². The highest BCUT2D eigenvalue weighted by atomic mass is 35.5. The van der Waals surface area contributed by atoms with Gasteiger partial charge in [0.2, 0.25) is 0 Å². The lowest BCUT2D eigenvalue weighted by atomic mass is 10.1. The number of carbonyl (C=O) groups excluding carboxylic acids is 1. The first-order chi connectivity index (χ1) is 9.16. The quantitative estimate of drug-likeness (QED) is 0.425. The monoisotopic (exact) mass is 299 g/mol. The van der Waals surface area contributed by atoms with Crippen molar-refractivity contribution in [1.82, 2.24) is 4.90 Å². The second-order valence-corrected chi connectivity index (χ2v) is 5.91. The Morgan fingerprint density at radius 2 is 1.68 bits per heavy atom. The van der Waals surface area contributed by atoms with Gasteiger partial charge in [0.15, 0.2) is 0 Å². The summed E-state index contributed by atoms with van der Waals surface area (Å²) in [5, 5.41) is 0.365. The fourth-order valence-electron chi connectivity index (χ4n) is 2.69. The van der Waals surface area contributed by atoms with E-state index in [0.29, 0.717) is 11.6 Å². The molecule has 0 spiro atoms. The van der Waals surface area contributed by atoms with Crippen LogP contribution in [0.3, 0.4) is 0 Å². The van der Waals surface area contributed by atoms with Crippen molar-refractivity contribution in [2.75, 3.05) is 0 Å². The number of amides is 1. The SMILES string of the molecule is O=C(Cl)N(Cc1ccc(Cl)cc1)C1CCCCCC1. The zero-order valence-corrected chi connectivity index (χ0v) is 12.5. The van der Waals surface area contributed by atoms with Crippen molar-refractivity contribution in [3.8, 4) is 0 Å². The molecule has 4 heteroatoms. The molecule has 1 amide bonds. The number of benzene rings is 1. The summed E-state index contributed by atoms with van der Waals surface area (Å²) in [6.07, 6.45) is 7.03. The smallest absolute Gasteiger partial charge is 0.316 e. The lowest BCUT2D eigenvalue weighted by Crippen LogP contribution is -2.36. The first-order valence-corrected chi connectivity index (χ1v) is 7.63. The van der Waals surface area contributed by atoms with Gasteiger partial charge in [-0.2, -0.15) is 0 Å². The van der Waals surface area contributed by atoms with E-state index in [1.165, 1.54) is 25.7 Å². The fourth-order valence-corrected chi connectivity index (χ4v) is 3.01. The lowest BCUT2D eigenvalue weighted by Gasteiger charge is -2.29. The summed E-state index contributed by atoms with van der Waals surface area (Å²) >= 11 is 11.6. The van der Waals surface area contributed by atoms with E-state index < -0.39 is 0 Å². The molecule has 0 radical (unpaired) electrons. The topological polar surface area (TPSA) is 20.3 Å². The molecule has 1 aliphatic carbocycles. The van der Waals surface area contributed by atoms with E-state index in [0.717, 1.165) is 18.4 Å². The Bertz CT molecular complexity index is 411. The zero-order valence-electron chi connectivity index (χ0n) is 10.9. The van der Waals surface area contributed by atoms with Crippen molar-refractivity contribution in [2.24, 2.45) is 0 Å². The van der Waals surface area contributed by atoms with E-state index in [2.05, 4.69) is 0 Å². The lowest BCUT2D eigenvalue weighted by molar-refractivity contribution is 0.185. The number of hydrogen-bond donors (Lipinski definition) is 0. The number of rotatable bonds is 3. The first kappa shape index (κ1) is 14.7. The van der Waals surface area contributed by atoms with Gasteiger partial charge < -0.3 is 4.90 Å². The Morgan fingerprint density at radius 3 is 2.21 bits per heavy atom. The van der Waals surface area contributed by atoms with Crippen LogP contribution in [0.2, 0.25) is 5.02 Å². The average Bonchev–Trinajstić information content (AvgIpc) is 2.66. The molecule has 0 saturated heterocycles. The Morgan fingerprint density at radius 1 is 1.11 bits per heavy atom. The molecule has 1 fully saturated rings. The summed E-state index contributed by atoms with van der Waals surface area (Å²) < 4.78 is 0. The number of carbonyl (C=O) groups is 1. The van der Waals surface area contributed by atoms with Gasteiger partial charge in [0.1, 0.15) is 0 Å². The van der Waals surface area contributed by atoms with Gasteiger partial charge in [-0.25, -0.2) is 0 Å².